The van der Waals surface area contributed by atoms with Crippen molar-refractivity contribution in [3.05, 3.63) is 79.6 Å². The summed E-state index contributed by atoms with van der Waals surface area (Å²) in [4.78, 5) is 27.1. The molecule has 0 spiro atoms. The average molecular weight is 575 g/mol. The number of carbonyl (C=O) groups is 2. The van der Waals surface area contributed by atoms with E-state index < -0.39 is 11.9 Å². The Labute approximate surface area is 224 Å². The Kier molecular flexibility index (Phi) is 7.81. The first-order valence-electron chi connectivity index (χ1n) is 11.8. The van der Waals surface area contributed by atoms with Crippen molar-refractivity contribution in [2.75, 3.05) is 13.7 Å². The molecular weight excluding hydrogens is 546 g/mol. The summed E-state index contributed by atoms with van der Waals surface area (Å²) in [5.41, 5.74) is 4.04. The third kappa shape index (κ3) is 5.18. The number of nitrogens with one attached hydrogen (secondary N) is 1. The molecule has 8 heteroatoms. The molecule has 0 fully saturated rings. The van der Waals surface area contributed by atoms with E-state index in [1.54, 1.807) is 12.1 Å². The molecule has 2 aromatic rings. The highest BCUT2D eigenvalue weighted by atomic mass is 79.9. The molecule has 0 bridgehead atoms. The lowest BCUT2D eigenvalue weighted by atomic mass is 9.71. The summed E-state index contributed by atoms with van der Waals surface area (Å²) in [6.45, 7) is 6.03. The number of ketones is 1. The van der Waals surface area contributed by atoms with Gasteiger partial charge in [0.2, 0.25) is 0 Å². The van der Waals surface area contributed by atoms with Crippen LogP contribution in [0.25, 0.3) is 0 Å². The number of rotatable bonds is 6. The van der Waals surface area contributed by atoms with E-state index in [1.807, 2.05) is 45.0 Å². The number of ether oxygens (including phenoxy) is 2. The zero-order chi connectivity index (χ0) is 26.1. The molecule has 0 unspecified atom stereocenters. The quantitative estimate of drug-likeness (QED) is 0.390. The van der Waals surface area contributed by atoms with Gasteiger partial charge in [-0.2, -0.15) is 0 Å². The van der Waals surface area contributed by atoms with Crippen LogP contribution in [-0.4, -0.2) is 30.6 Å². The number of esters is 1. The largest absolute Gasteiger partial charge is 0.503 e. The number of hydrogen-bond acceptors (Lipinski definition) is 6. The number of dihydropyridines is 1. The molecule has 0 amide bonds. The van der Waals surface area contributed by atoms with E-state index in [9.17, 15) is 14.7 Å². The summed E-state index contributed by atoms with van der Waals surface area (Å²) >= 11 is 9.45. The van der Waals surface area contributed by atoms with Crippen molar-refractivity contribution >= 4 is 39.3 Å². The zero-order valence-electron chi connectivity index (χ0n) is 20.7. The molecule has 1 heterocycles. The van der Waals surface area contributed by atoms with Crippen molar-refractivity contribution in [3.63, 3.8) is 0 Å². The summed E-state index contributed by atoms with van der Waals surface area (Å²) in [6, 6.07) is 11.0. The van der Waals surface area contributed by atoms with Crippen molar-refractivity contribution < 1.29 is 24.2 Å². The Balaban J connectivity index is 1.82. The van der Waals surface area contributed by atoms with E-state index in [0.29, 0.717) is 44.7 Å². The topological polar surface area (TPSA) is 84.9 Å². The van der Waals surface area contributed by atoms with Gasteiger partial charge >= 0.3 is 5.97 Å². The lowest BCUT2D eigenvalue weighted by Gasteiger charge is -2.37. The van der Waals surface area contributed by atoms with E-state index in [1.165, 1.54) is 7.11 Å². The van der Waals surface area contributed by atoms with Gasteiger partial charge in [-0.25, -0.2) is 4.79 Å². The van der Waals surface area contributed by atoms with E-state index in [0.717, 1.165) is 11.3 Å². The van der Waals surface area contributed by atoms with E-state index >= 15 is 0 Å². The van der Waals surface area contributed by atoms with Crippen LogP contribution in [0.1, 0.15) is 56.6 Å². The zero-order valence-corrected chi connectivity index (χ0v) is 23.0. The molecule has 36 heavy (non-hydrogen) atoms. The number of methoxy groups -OCH3 is 1. The van der Waals surface area contributed by atoms with Gasteiger partial charge in [0, 0.05) is 34.3 Å². The number of hydrogen-bond donors (Lipinski definition) is 2. The Bertz CT molecular complexity index is 1270. The average Bonchev–Trinajstić information content (AvgIpc) is 2.83. The van der Waals surface area contributed by atoms with Gasteiger partial charge in [0.25, 0.3) is 0 Å². The van der Waals surface area contributed by atoms with Crippen LogP contribution in [0.4, 0.5) is 0 Å². The number of phenols is 1. The van der Waals surface area contributed by atoms with Crippen LogP contribution in [0, 0.1) is 5.92 Å². The predicted octanol–water partition coefficient (Wildman–Crippen LogP) is 6.38. The maximum atomic E-state index is 13.7. The molecule has 2 N–H and O–H groups in total. The van der Waals surface area contributed by atoms with Crippen molar-refractivity contribution in [2.45, 2.75) is 45.4 Å². The number of benzene rings is 2. The third-order valence-electron chi connectivity index (χ3n) is 6.54. The molecule has 0 aromatic heterocycles. The molecule has 2 aliphatic rings. The lowest BCUT2D eigenvalue weighted by Crippen LogP contribution is -2.36. The summed E-state index contributed by atoms with van der Waals surface area (Å²) in [5, 5.41) is 14.4. The highest BCUT2D eigenvalue weighted by Crippen LogP contribution is 2.48. The van der Waals surface area contributed by atoms with Crippen molar-refractivity contribution in [1.29, 1.82) is 0 Å². The van der Waals surface area contributed by atoms with Gasteiger partial charge in [0.05, 0.1) is 23.8 Å². The molecule has 6 nitrogen and oxygen atoms in total. The van der Waals surface area contributed by atoms with E-state index in [-0.39, 0.29) is 35.7 Å². The standard InChI is InChI=1S/C28H29BrClNO5/c1-14(2)13-36-28(34)24-15(3)31-21-10-17(16-5-7-19(30)8-6-16)11-22(32)26(21)25(24)18-9-20(29)27(33)23(12-18)35-4/h5-9,12,14,17,25,31,33H,10-11,13H2,1-4H3/t17-,25-/m1/s1. The molecule has 1 aliphatic carbocycles. The Morgan fingerprint density at radius 2 is 1.89 bits per heavy atom. The fraction of sp³-hybridized carbons (Fsp3) is 0.357. The van der Waals surface area contributed by atoms with Gasteiger partial charge in [-0.05, 0) is 76.5 Å². The van der Waals surface area contributed by atoms with Crippen LogP contribution < -0.4 is 10.1 Å². The van der Waals surface area contributed by atoms with Gasteiger partial charge in [-0.15, -0.1) is 0 Å². The van der Waals surface area contributed by atoms with Gasteiger partial charge in [0.15, 0.2) is 17.3 Å². The number of aromatic hydroxyl groups is 1. The summed E-state index contributed by atoms with van der Waals surface area (Å²) in [5.74, 6) is -0.823. The molecule has 190 valence electrons. The molecule has 0 radical (unpaired) electrons. The second-order valence-electron chi connectivity index (χ2n) is 9.61. The first-order valence-corrected chi connectivity index (χ1v) is 13.0. The normalized spacial score (nSPS) is 19.8. The molecule has 0 saturated heterocycles. The third-order valence-corrected chi connectivity index (χ3v) is 7.40. The molecule has 2 atom stereocenters. The van der Waals surface area contributed by atoms with E-state index in [4.69, 9.17) is 21.1 Å². The smallest absolute Gasteiger partial charge is 0.336 e. The van der Waals surface area contributed by atoms with Crippen LogP contribution in [0.15, 0.2) is 63.4 Å². The Morgan fingerprint density at radius 3 is 2.53 bits per heavy atom. The predicted molar refractivity (Wildman–Crippen MR) is 142 cm³/mol. The monoisotopic (exact) mass is 573 g/mol. The Morgan fingerprint density at radius 1 is 1.19 bits per heavy atom. The SMILES string of the molecule is COc1cc([C@@H]2C(C(=O)OCC(C)C)=C(C)NC3=C2C(=O)C[C@H](c2ccc(Cl)cc2)C3)cc(Br)c1O. The van der Waals surface area contributed by atoms with Crippen LogP contribution >= 0.6 is 27.5 Å². The fourth-order valence-electron chi connectivity index (χ4n) is 4.85. The van der Waals surface area contributed by atoms with Crippen molar-refractivity contribution in [3.8, 4) is 11.5 Å². The summed E-state index contributed by atoms with van der Waals surface area (Å²) < 4.78 is 11.4. The maximum absolute atomic E-state index is 13.7. The molecule has 0 saturated carbocycles. The van der Waals surface area contributed by atoms with Crippen LogP contribution in [0.3, 0.4) is 0 Å². The molecule has 4 rings (SSSR count). The second kappa shape index (κ2) is 10.7. The van der Waals surface area contributed by atoms with Gasteiger partial charge < -0.3 is 19.9 Å². The fourth-order valence-corrected chi connectivity index (χ4v) is 5.44. The lowest BCUT2D eigenvalue weighted by molar-refractivity contribution is -0.140. The van der Waals surface area contributed by atoms with Crippen molar-refractivity contribution in [1.82, 2.24) is 5.32 Å². The minimum Gasteiger partial charge on any atom is -0.503 e. The summed E-state index contributed by atoms with van der Waals surface area (Å²) in [7, 11) is 1.46. The summed E-state index contributed by atoms with van der Waals surface area (Å²) in [6.07, 6.45) is 0.920. The molecule has 2 aromatic carbocycles. The number of allylic oxidation sites excluding steroid dienone is 3. The van der Waals surface area contributed by atoms with Crippen LogP contribution in [0.2, 0.25) is 5.02 Å². The Hall–Kier alpha value is -2.77. The minimum absolute atomic E-state index is 0.00926. The molecular formula is C28H29BrClNO5. The highest BCUT2D eigenvalue weighted by molar-refractivity contribution is 9.10. The van der Waals surface area contributed by atoms with Gasteiger partial charge in [0.1, 0.15) is 0 Å². The molecule has 1 aliphatic heterocycles. The van der Waals surface area contributed by atoms with Gasteiger partial charge in [-0.1, -0.05) is 37.6 Å². The van der Waals surface area contributed by atoms with Crippen LogP contribution in [0.5, 0.6) is 11.5 Å². The highest BCUT2D eigenvalue weighted by Gasteiger charge is 2.42. The number of phenolic OH excluding ortho intramolecular Hbond substituents is 1. The van der Waals surface area contributed by atoms with E-state index in [2.05, 4.69) is 21.2 Å². The first-order chi connectivity index (χ1) is 17.1. The second-order valence-corrected chi connectivity index (χ2v) is 10.9. The van der Waals surface area contributed by atoms with Gasteiger partial charge in [-0.3, -0.25) is 4.79 Å². The number of Topliss-reactive ketones (excluding diaryl/α,β-unsaturated/α-hetero) is 1. The van der Waals surface area contributed by atoms with Crippen LogP contribution in [-0.2, 0) is 14.3 Å². The first kappa shape index (κ1) is 26.3. The maximum Gasteiger partial charge on any atom is 0.336 e. The number of halogens is 2. The minimum atomic E-state index is -0.662. The van der Waals surface area contributed by atoms with Crippen molar-refractivity contribution in [2.24, 2.45) is 5.92 Å². The number of carbonyl (C=O) groups excluding carboxylic acids is 2.